The Morgan fingerprint density at radius 1 is 0.962 bits per heavy atom. The third-order valence-corrected chi connectivity index (χ3v) is 4.46. The molecule has 6 nitrogen and oxygen atoms in total. The molecule has 0 bridgehead atoms. The number of ether oxygens (including phenoxy) is 2. The number of carbonyl (C=O) groups excluding carboxylic acids is 1. The summed E-state index contributed by atoms with van der Waals surface area (Å²) in [4.78, 5) is 12.3. The topological polar surface area (TPSA) is 72.7 Å². The predicted molar refractivity (Wildman–Crippen MR) is 97.3 cm³/mol. The molecule has 2 unspecified atom stereocenters. The van der Waals surface area contributed by atoms with Crippen molar-refractivity contribution in [2.24, 2.45) is 0 Å². The molecule has 2 N–H and O–H groups in total. The van der Waals surface area contributed by atoms with Crippen LogP contribution in [0.15, 0.2) is 52.9 Å². The monoisotopic (exact) mass is 352 g/mol. The molecule has 0 radical (unpaired) electrons. The van der Waals surface area contributed by atoms with Crippen molar-refractivity contribution >= 4 is 17.0 Å². The molecule has 1 aliphatic rings. The van der Waals surface area contributed by atoms with E-state index < -0.39 is 0 Å². The van der Waals surface area contributed by atoms with Crippen molar-refractivity contribution in [2.45, 2.75) is 25.9 Å². The van der Waals surface area contributed by atoms with Crippen molar-refractivity contribution in [1.29, 1.82) is 0 Å². The number of amides is 2. The van der Waals surface area contributed by atoms with E-state index in [-0.39, 0.29) is 24.9 Å². The molecule has 0 fully saturated rings. The molecule has 2 aromatic carbocycles. The van der Waals surface area contributed by atoms with Gasteiger partial charge in [0, 0.05) is 5.39 Å². The molecular formula is C20H20N2O4. The summed E-state index contributed by atoms with van der Waals surface area (Å²) in [5, 5.41) is 6.86. The van der Waals surface area contributed by atoms with Gasteiger partial charge in [-0.15, -0.1) is 0 Å². The molecule has 26 heavy (non-hydrogen) atoms. The van der Waals surface area contributed by atoms with Crippen molar-refractivity contribution in [2.75, 3.05) is 6.79 Å². The third-order valence-electron chi connectivity index (χ3n) is 4.46. The van der Waals surface area contributed by atoms with Gasteiger partial charge in [0.15, 0.2) is 11.5 Å². The quantitative estimate of drug-likeness (QED) is 0.735. The minimum atomic E-state index is -0.261. The summed E-state index contributed by atoms with van der Waals surface area (Å²) >= 11 is 0. The minimum absolute atomic E-state index is 0.174. The van der Waals surface area contributed by atoms with Crippen LogP contribution in [0.1, 0.15) is 37.3 Å². The molecule has 2 heterocycles. The molecule has 0 saturated heterocycles. The standard InChI is InChI=1S/C20H20N2O4/c1-12(14-7-8-17-19(9-14)25-11-24-17)21-20(23)22-13(2)18-10-15-5-3-4-6-16(15)26-18/h3-10,12-13H,11H2,1-2H3,(H2,21,22,23). The van der Waals surface area contributed by atoms with Crippen molar-refractivity contribution in [3.8, 4) is 11.5 Å². The lowest BCUT2D eigenvalue weighted by Gasteiger charge is -2.17. The zero-order valence-electron chi connectivity index (χ0n) is 14.6. The first kappa shape index (κ1) is 16.3. The summed E-state index contributed by atoms with van der Waals surface area (Å²) in [7, 11) is 0. The molecule has 3 aromatic rings. The number of carbonyl (C=O) groups is 1. The fourth-order valence-corrected chi connectivity index (χ4v) is 2.99. The van der Waals surface area contributed by atoms with E-state index in [2.05, 4.69) is 10.6 Å². The second kappa shape index (κ2) is 6.63. The summed E-state index contributed by atoms with van der Waals surface area (Å²) < 4.78 is 16.5. The van der Waals surface area contributed by atoms with Crippen molar-refractivity contribution in [3.05, 3.63) is 59.9 Å². The Morgan fingerprint density at radius 3 is 2.58 bits per heavy atom. The summed E-state index contributed by atoms with van der Waals surface area (Å²) in [6.45, 7) is 4.04. The molecule has 6 heteroatoms. The summed E-state index contributed by atoms with van der Waals surface area (Å²) in [5.41, 5.74) is 1.76. The summed E-state index contributed by atoms with van der Waals surface area (Å²) in [6.07, 6.45) is 0. The molecule has 2 atom stereocenters. The number of urea groups is 1. The zero-order valence-corrected chi connectivity index (χ0v) is 14.6. The Labute approximate surface area is 151 Å². The number of benzene rings is 2. The van der Waals surface area contributed by atoms with E-state index in [1.165, 1.54) is 0 Å². The van der Waals surface area contributed by atoms with Crippen LogP contribution in [0.5, 0.6) is 11.5 Å². The van der Waals surface area contributed by atoms with E-state index in [4.69, 9.17) is 13.9 Å². The zero-order chi connectivity index (χ0) is 18.1. The van der Waals surface area contributed by atoms with Crippen LogP contribution in [0.2, 0.25) is 0 Å². The van der Waals surface area contributed by atoms with E-state index in [1.807, 2.05) is 62.4 Å². The van der Waals surface area contributed by atoms with E-state index in [0.29, 0.717) is 5.75 Å². The maximum absolute atomic E-state index is 12.3. The van der Waals surface area contributed by atoms with E-state index in [1.54, 1.807) is 0 Å². The van der Waals surface area contributed by atoms with E-state index in [9.17, 15) is 4.79 Å². The fourth-order valence-electron chi connectivity index (χ4n) is 2.99. The molecule has 0 saturated carbocycles. The molecule has 1 aliphatic heterocycles. The molecule has 2 amide bonds. The first-order valence-electron chi connectivity index (χ1n) is 8.55. The third kappa shape index (κ3) is 3.18. The Kier molecular flexibility index (Phi) is 4.16. The number of furan rings is 1. The predicted octanol–water partition coefficient (Wildman–Crippen LogP) is 4.28. The van der Waals surface area contributed by atoms with Crippen LogP contribution >= 0.6 is 0 Å². The lowest BCUT2D eigenvalue weighted by atomic mass is 10.1. The smallest absolute Gasteiger partial charge is 0.315 e. The minimum Gasteiger partial charge on any atom is -0.459 e. The van der Waals surface area contributed by atoms with Gasteiger partial charge in [0.2, 0.25) is 6.79 Å². The average molecular weight is 352 g/mol. The van der Waals surface area contributed by atoms with Crippen molar-refractivity contribution in [1.82, 2.24) is 10.6 Å². The van der Waals surface area contributed by atoms with Crippen LogP contribution in [0.4, 0.5) is 4.79 Å². The highest BCUT2D eigenvalue weighted by Gasteiger charge is 2.18. The highest BCUT2D eigenvalue weighted by Crippen LogP contribution is 2.34. The van der Waals surface area contributed by atoms with Crippen molar-refractivity contribution in [3.63, 3.8) is 0 Å². The number of rotatable bonds is 4. The van der Waals surface area contributed by atoms with Gasteiger partial charge < -0.3 is 24.5 Å². The van der Waals surface area contributed by atoms with Gasteiger partial charge in [-0.3, -0.25) is 0 Å². The van der Waals surface area contributed by atoms with Crippen LogP contribution in [-0.2, 0) is 0 Å². The lowest BCUT2D eigenvalue weighted by molar-refractivity contribution is 0.174. The normalized spacial score (nSPS) is 14.8. The number of fused-ring (bicyclic) bond motifs is 2. The highest BCUT2D eigenvalue weighted by atomic mass is 16.7. The van der Waals surface area contributed by atoms with Crippen LogP contribution in [-0.4, -0.2) is 12.8 Å². The Bertz CT molecular complexity index is 917. The summed E-state index contributed by atoms with van der Waals surface area (Å²) in [5.74, 6) is 2.15. The lowest BCUT2D eigenvalue weighted by Crippen LogP contribution is -2.38. The van der Waals surface area contributed by atoms with Crippen LogP contribution in [0.3, 0.4) is 0 Å². The SMILES string of the molecule is CC(NC(=O)NC(C)c1cc2ccccc2o1)c1ccc2c(c1)OCO2. The van der Waals surface area contributed by atoms with Gasteiger partial charge in [-0.2, -0.15) is 0 Å². The first-order chi connectivity index (χ1) is 12.6. The average Bonchev–Trinajstić information content (AvgIpc) is 3.27. The molecule has 0 spiro atoms. The maximum atomic E-state index is 12.3. The van der Waals surface area contributed by atoms with E-state index >= 15 is 0 Å². The number of hydrogen-bond acceptors (Lipinski definition) is 4. The van der Waals surface area contributed by atoms with E-state index in [0.717, 1.165) is 28.0 Å². The second-order valence-electron chi connectivity index (χ2n) is 6.36. The first-order valence-corrected chi connectivity index (χ1v) is 8.55. The van der Waals surface area contributed by atoms with Gasteiger partial charge in [-0.1, -0.05) is 24.3 Å². The molecule has 1 aromatic heterocycles. The van der Waals surface area contributed by atoms with Gasteiger partial charge in [0.05, 0.1) is 12.1 Å². The number of hydrogen-bond donors (Lipinski definition) is 2. The highest BCUT2D eigenvalue weighted by molar-refractivity contribution is 5.78. The van der Waals surface area contributed by atoms with Gasteiger partial charge in [-0.25, -0.2) is 4.79 Å². The second-order valence-corrected chi connectivity index (χ2v) is 6.36. The van der Waals surface area contributed by atoms with Crippen LogP contribution < -0.4 is 20.1 Å². The van der Waals surface area contributed by atoms with Gasteiger partial charge in [0.1, 0.15) is 11.3 Å². The molecule has 4 rings (SSSR count). The van der Waals surface area contributed by atoms with Crippen LogP contribution in [0, 0.1) is 0 Å². The van der Waals surface area contributed by atoms with Crippen molar-refractivity contribution < 1.29 is 18.7 Å². The largest absolute Gasteiger partial charge is 0.459 e. The summed E-state index contributed by atoms with van der Waals surface area (Å²) in [6, 6.07) is 14.7. The maximum Gasteiger partial charge on any atom is 0.315 e. The van der Waals surface area contributed by atoms with Crippen LogP contribution in [0.25, 0.3) is 11.0 Å². The molecule has 134 valence electrons. The van der Waals surface area contributed by atoms with Gasteiger partial charge in [0.25, 0.3) is 0 Å². The Hall–Kier alpha value is -3.15. The molecule has 0 aliphatic carbocycles. The Morgan fingerprint density at radius 2 is 1.73 bits per heavy atom. The number of nitrogens with one attached hydrogen (secondary N) is 2. The van der Waals surface area contributed by atoms with Gasteiger partial charge >= 0.3 is 6.03 Å². The van der Waals surface area contributed by atoms with Gasteiger partial charge in [-0.05, 0) is 43.7 Å². The molecular weight excluding hydrogens is 332 g/mol. The number of para-hydroxylation sites is 1. The fraction of sp³-hybridized carbons (Fsp3) is 0.250. The Balaban J connectivity index is 1.39.